The molecule has 0 aliphatic carbocycles. The van der Waals surface area contributed by atoms with E-state index in [0.717, 1.165) is 12.1 Å². The average Bonchev–Trinajstić information content (AvgIpc) is 2.65. The van der Waals surface area contributed by atoms with Crippen molar-refractivity contribution >= 4 is 16.8 Å². The van der Waals surface area contributed by atoms with Gasteiger partial charge in [-0.3, -0.25) is 4.79 Å². The van der Waals surface area contributed by atoms with Gasteiger partial charge in [0.05, 0.1) is 11.1 Å². The third kappa shape index (κ3) is 4.50. The van der Waals surface area contributed by atoms with Gasteiger partial charge < -0.3 is 15.8 Å². The summed E-state index contributed by atoms with van der Waals surface area (Å²) >= 11 is 0. The van der Waals surface area contributed by atoms with Crippen LogP contribution in [0, 0.1) is 0 Å². The van der Waals surface area contributed by atoms with Crippen LogP contribution in [0.15, 0.2) is 48.7 Å². The highest BCUT2D eigenvalue weighted by Crippen LogP contribution is 2.30. The van der Waals surface area contributed by atoms with Crippen molar-refractivity contribution in [2.24, 2.45) is 5.73 Å². The van der Waals surface area contributed by atoms with Gasteiger partial charge >= 0.3 is 6.18 Å². The number of nitrogens with two attached hydrogens (primary N) is 1. The summed E-state index contributed by atoms with van der Waals surface area (Å²) in [5, 5.41) is 3.34. The summed E-state index contributed by atoms with van der Waals surface area (Å²) in [5.41, 5.74) is 5.33. The molecule has 27 heavy (non-hydrogen) atoms. The molecular weight excluding hydrogens is 361 g/mol. The van der Waals surface area contributed by atoms with Crippen molar-refractivity contribution in [3.63, 3.8) is 0 Å². The summed E-state index contributed by atoms with van der Waals surface area (Å²) in [6, 6.07) is 10.2. The molecule has 0 unspecified atom stereocenters. The Morgan fingerprint density at radius 2 is 1.96 bits per heavy atom. The van der Waals surface area contributed by atoms with E-state index >= 15 is 0 Å². The average molecular weight is 376 g/mol. The number of carbonyl (C=O) groups excluding carboxylic acids is 1. The second-order valence-electron chi connectivity index (χ2n) is 5.58. The predicted octanol–water partition coefficient (Wildman–Crippen LogP) is 3.13. The van der Waals surface area contributed by atoms with Gasteiger partial charge in [-0.05, 0) is 30.3 Å². The molecule has 140 valence electrons. The summed E-state index contributed by atoms with van der Waals surface area (Å²) in [6.45, 7) is 0.684. The number of fused-ring (bicyclic) bond motifs is 1. The number of aromatic nitrogens is 2. The Labute approximate surface area is 152 Å². The molecule has 1 amide bonds. The quantitative estimate of drug-likeness (QED) is 0.714. The molecule has 0 bridgehead atoms. The fraction of sp³-hybridized carbons (Fsp3) is 0.167. The standard InChI is InChI=1S/C18H15F3N4O2/c19-18(20,21)12-2-6-16(24-10-12)27-13-3-5-14-11(9-13)1-4-15(25-14)17(26)23-8-7-22/h1-6,9-10H,7-8,22H2,(H,23,26). The number of rotatable bonds is 5. The monoisotopic (exact) mass is 376 g/mol. The van der Waals surface area contributed by atoms with E-state index in [9.17, 15) is 18.0 Å². The number of nitrogens with zero attached hydrogens (tertiary/aromatic N) is 2. The molecule has 3 aromatic rings. The molecular formula is C18H15F3N4O2. The molecule has 0 aliphatic rings. The maximum atomic E-state index is 12.6. The maximum Gasteiger partial charge on any atom is 0.417 e. The lowest BCUT2D eigenvalue weighted by Gasteiger charge is -2.09. The van der Waals surface area contributed by atoms with Gasteiger partial charge in [0.15, 0.2) is 0 Å². The second kappa shape index (κ2) is 7.58. The van der Waals surface area contributed by atoms with E-state index in [-0.39, 0.29) is 17.5 Å². The molecule has 0 radical (unpaired) electrons. The van der Waals surface area contributed by atoms with Crippen LogP contribution in [-0.4, -0.2) is 29.0 Å². The van der Waals surface area contributed by atoms with Gasteiger partial charge in [0, 0.05) is 30.7 Å². The van der Waals surface area contributed by atoms with Gasteiger partial charge in [-0.15, -0.1) is 0 Å². The van der Waals surface area contributed by atoms with E-state index in [1.807, 2.05) is 0 Å². The highest BCUT2D eigenvalue weighted by molar-refractivity contribution is 5.95. The SMILES string of the molecule is NCCNC(=O)c1ccc2cc(Oc3ccc(C(F)(F)F)cn3)ccc2n1. The van der Waals surface area contributed by atoms with Crippen LogP contribution in [0.4, 0.5) is 13.2 Å². The molecule has 1 aromatic carbocycles. The molecule has 3 N–H and O–H groups in total. The van der Waals surface area contributed by atoms with Crippen LogP contribution < -0.4 is 15.8 Å². The number of ether oxygens (including phenoxy) is 1. The van der Waals surface area contributed by atoms with Crippen molar-refractivity contribution in [1.29, 1.82) is 0 Å². The van der Waals surface area contributed by atoms with Gasteiger partial charge in [0.25, 0.3) is 5.91 Å². The number of carbonyl (C=O) groups is 1. The highest BCUT2D eigenvalue weighted by atomic mass is 19.4. The van der Waals surface area contributed by atoms with Crippen LogP contribution in [-0.2, 0) is 6.18 Å². The van der Waals surface area contributed by atoms with Crippen LogP contribution in [0.25, 0.3) is 10.9 Å². The summed E-state index contributed by atoms with van der Waals surface area (Å²) in [6.07, 6.45) is -3.74. The first-order chi connectivity index (χ1) is 12.9. The molecule has 3 rings (SSSR count). The normalized spacial score (nSPS) is 11.4. The molecule has 0 saturated heterocycles. The summed E-state index contributed by atoms with van der Waals surface area (Å²) in [5.74, 6) is 0.0987. The minimum atomic E-state index is -4.45. The summed E-state index contributed by atoms with van der Waals surface area (Å²) in [4.78, 5) is 19.8. The molecule has 6 nitrogen and oxygen atoms in total. The molecule has 0 saturated carbocycles. The van der Waals surface area contributed by atoms with Crippen molar-refractivity contribution in [2.75, 3.05) is 13.1 Å². The molecule has 0 atom stereocenters. The number of nitrogens with one attached hydrogen (secondary N) is 1. The number of hydrogen-bond donors (Lipinski definition) is 2. The Hall–Kier alpha value is -3.20. The minimum Gasteiger partial charge on any atom is -0.439 e. The lowest BCUT2D eigenvalue weighted by Crippen LogP contribution is -2.29. The number of halogens is 3. The van der Waals surface area contributed by atoms with Crippen LogP contribution in [0.2, 0.25) is 0 Å². The number of pyridine rings is 2. The van der Waals surface area contributed by atoms with E-state index in [0.29, 0.717) is 35.9 Å². The third-order valence-electron chi connectivity index (χ3n) is 3.61. The van der Waals surface area contributed by atoms with E-state index in [1.54, 1.807) is 30.3 Å². The smallest absolute Gasteiger partial charge is 0.417 e. The van der Waals surface area contributed by atoms with E-state index < -0.39 is 11.7 Å². The summed E-state index contributed by atoms with van der Waals surface area (Å²) < 4.78 is 43.2. The van der Waals surface area contributed by atoms with Crippen molar-refractivity contribution in [1.82, 2.24) is 15.3 Å². The van der Waals surface area contributed by atoms with E-state index in [1.165, 1.54) is 0 Å². The van der Waals surface area contributed by atoms with Crippen LogP contribution >= 0.6 is 0 Å². The third-order valence-corrected chi connectivity index (χ3v) is 3.61. The first-order valence-corrected chi connectivity index (χ1v) is 7.97. The van der Waals surface area contributed by atoms with Crippen molar-refractivity contribution in [2.45, 2.75) is 6.18 Å². The van der Waals surface area contributed by atoms with Crippen LogP contribution in [0.5, 0.6) is 11.6 Å². The number of amides is 1. The Balaban J connectivity index is 1.77. The van der Waals surface area contributed by atoms with Gasteiger partial charge in [0.2, 0.25) is 5.88 Å². The maximum absolute atomic E-state index is 12.6. The number of hydrogen-bond acceptors (Lipinski definition) is 5. The Morgan fingerprint density at radius 1 is 1.15 bits per heavy atom. The Bertz CT molecular complexity index is 959. The topological polar surface area (TPSA) is 90.1 Å². The van der Waals surface area contributed by atoms with E-state index in [2.05, 4.69) is 15.3 Å². The molecule has 0 fully saturated rings. The van der Waals surface area contributed by atoms with Crippen LogP contribution in [0.3, 0.4) is 0 Å². The molecule has 2 aromatic heterocycles. The molecule has 9 heteroatoms. The van der Waals surface area contributed by atoms with Crippen LogP contribution in [0.1, 0.15) is 16.1 Å². The zero-order valence-electron chi connectivity index (χ0n) is 14.0. The zero-order chi connectivity index (χ0) is 19.4. The number of benzene rings is 1. The minimum absolute atomic E-state index is 0.0353. The Morgan fingerprint density at radius 3 is 2.63 bits per heavy atom. The predicted molar refractivity (Wildman–Crippen MR) is 92.4 cm³/mol. The first kappa shape index (κ1) is 18.6. The highest BCUT2D eigenvalue weighted by Gasteiger charge is 2.30. The molecule has 0 spiro atoms. The zero-order valence-corrected chi connectivity index (χ0v) is 14.0. The van der Waals surface area contributed by atoms with Crippen molar-refractivity contribution in [3.8, 4) is 11.6 Å². The Kier molecular flexibility index (Phi) is 5.22. The van der Waals surface area contributed by atoms with Gasteiger partial charge in [-0.1, -0.05) is 6.07 Å². The second-order valence-corrected chi connectivity index (χ2v) is 5.58. The van der Waals surface area contributed by atoms with Crippen molar-refractivity contribution in [3.05, 3.63) is 59.9 Å². The van der Waals surface area contributed by atoms with Gasteiger partial charge in [0.1, 0.15) is 11.4 Å². The lowest BCUT2D eigenvalue weighted by molar-refractivity contribution is -0.137. The van der Waals surface area contributed by atoms with Gasteiger partial charge in [-0.25, -0.2) is 9.97 Å². The number of alkyl halides is 3. The molecule has 0 aliphatic heterocycles. The van der Waals surface area contributed by atoms with E-state index in [4.69, 9.17) is 10.5 Å². The van der Waals surface area contributed by atoms with Gasteiger partial charge in [-0.2, -0.15) is 13.2 Å². The first-order valence-electron chi connectivity index (χ1n) is 7.97. The fourth-order valence-electron chi connectivity index (χ4n) is 2.30. The molecule has 2 heterocycles. The lowest BCUT2D eigenvalue weighted by atomic mass is 10.2. The van der Waals surface area contributed by atoms with Crippen molar-refractivity contribution < 1.29 is 22.7 Å². The summed E-state index contributed by atoms with van der Waals surface area (Å²) in [7, 11) is 0. The fourth-order valence-corrected chi connectivity index (χ4v) is 2.30. The largest absolute Gasteiger partial charge is 0.439 e.